The topological polar surface area (TPSA) is 58.2 Å². The monoisotopic (exact) mass is 294 g/mol. The van der Waals surface area contributed by atoms with Crippen molar-refractivity contribution in [2.75, 3.05) is 13.1 Å². The average Bonchev–Trinajstić information content (AvgIpc) is 2.86. The van der Waals surface area contributed by atoms with Gasteiger partial charge < -0.3 is 10.6 Å². The molecule has 2 amide bonds. The van der Waals surface area contributed by atoms with Crippen molar-refractivity contribution < 1.29 is 9.59 Å². The average molecular weight is 294 g/mol. The van der Waals surface area contributed by atoms with E-state index >= 15 is 0 Å². The molecule has 0 saturated carbocycles. The van der Waals surface area contributed by atoms with Crippen molar-refractivity contribution >= 4 is 23.2 Å². The van der Waals surface area contributed by atoms with Crippen LogP contribution in [-0.4, -0.2) is 24.9 Å². The summed E-state index contributed by atoms with van der Waals surface area (Å²) < 4.78 is 0. The molecule has 1 aliphatic rings. The SMILES string of the molecule is CC(C)C(=O)NCCNC(=O)c1cc2c(s1)CCCC2. The van der Waals surface area contributed by atoms with Gasteiger partial charge in [0.25, 0.3) is 5.91 Å². The van der Waals surface area contributed by atoms with Gasteiger partial charge in [-0.3, -0.25) is 9.59 Å². The lowest BCUT2D eigenvalue weighted by Gasteiger charge is -2.08. The van der Waals surface area contributed by atoms with Gasteiger partial charge in [-0.2, -0.15) is 0 Å². The zero-order chi connectivity index (χ0) is 14.5. The molecule has 20 heavy (non-hydrogen) atoms. The number of hydrogen-bond donors (Lipinski definition) is 2. The normalized spacial score (nSPS) is 13.9. The molecule has 0 spiro atoms. The lowest BCUT2D eigenvalue weighted by atomic mass is 9.99. The second-order valence-electron chi connectivity index (χ2n) is 5.47. The molecular weight excluding hydrogens is 272 g/mol. The van der Waals surface area contributed by atoms with Crippen molar-refractivity contribution in [1.29, 1.82) is 0 Å². The summed E-state index contributed by atoms with van der Waals surface area (Å²) in [6.07, 6.45) is 4.67. The Morgan fingerprint density at radius 2 is 1.90 bits per heavy atom. The first-order chi connectivity index (χ1) is 9.58. The Morgan fingerprint density at radius 1 is 1.20 bits per heavy atom. The van der Waals surface area contributed by atoms with Crippen molar-refractivity contribution in [3.63, 3.8) is 0 Å². The molecule has 0 bridgehead atoms. The molecule has 0 aromatic carbocycles. The van der Waals surface area contributed by atoms with Crippen LogP contribution in [-0.2, 0) is 17.6 Å². The van der Waals surface area contributed by atoms with Crippen LogP contribution in [0.25, 0.3) is 0 Å². The third kappa shape index (κ3) is 3.82. The molecule has 0 aliphatic heterocycles. The smallest absolute Gasteiger partial charge is 0.261 e. The predicted octanol–water partition coefficient (Wildman–Crippen LogP) is 2.13. The standard InChI is InChI=1S/C15H22N2O2S/c1-10(2)14(18)16-7-8-17-15(19)13-9-11-5-3-4-6-12(11)20-13/h9-10H,3-8H2,1-2H3,(H,16,18)(H,17,19). The highest BCUT2D eigenvalue weighted by molar-refractivity contribution is 7.14. The maximum atomic E-state index is 12.0. The zero-order valence-corrected chi connectivity index (χ0v) is 12.9. The van der Waals surface area contributed by atoms with Crippen LogP contribution in [0.2, 0.25) is 0 Å². The number of fused-ring (bicyclic) bond motifs is 1. The Kier molecular flexibility index (Phi) is 5.17. The van der Waals surface area contributed by atoms with E-state index < -0.39 is 0 Å². The summed E-state index contributed by atoms with van der Waals surface area (Å²) in [5.74, 6) is -0.0243. The van der Waals surface area contributed by atoms with Gasteiger partial charge in [0, 0.05) is 23.9 Å². The summed E-state index contributed by atoms with van der Waals surface area (Å²) in [5.41, 5.74) is 1.35. The maximum Gasteiger partial charge on any atom is 0.261 e. The maximum absolute atomic E-state index is 12.0. The summed E-state index contributed by atoms with van der Waals surface area (Å²) in [4.78, 5) is 25.6. The Bertz CT molecular complexity index is 471. The molecule has 5 heteroatoms. The third-order valence-electron chi connectivity index (χ3n) is 3.45. The Morgan fingerprint density at radius 3 is 2.60 bits per heavy atom. The largest absolute Gasteiger partial charge is 0.354 e. The lowest BCUT2D eigenvalue weighted by molar-refractivity contribution is -0.123. The molecule has 110 valence electrons. The number of carbonyl (C=O) groups excluding carboxylic acids is 2. The lowest BCUT2D eigenvalue weighted by Crippen LogP contribution is -2.36. The number of amides is 2. The van der Waals surface area contributed by atoms with Crippen LogP contribution in [0, 0.1) is 5.92 Å². The molecule has 2 rings (SSSR count). The van der Waals surface area contributed by atoms with E-state index in [1.807, 2.05) is 19.9 Å². The van der Waals surface area contributed by atoms with Gasteiger partial charge in [-0.05, 0) is 37.3 Å². The summed E-state index contributed by atoms with van der Waals surface area (Å²) >= 11 is 1.61. The van der Waals surface area contributed by atoms with Crippen LogP contribution in [0.3, 0.4) is 0 Å². The van der Waals surface area contributed by atoms with E-state index in [4.69, 9.17) is 0 Å². The highest BCUT2D eigenvalue weighted by atomic mass is 32.1. The van der Waals surface area contributed by atoms with E-state index in [1.54, 1.807) is 11.3 Å². The van der Waals surface area contributed by atoms with Crippen molar-refractivity contribution in [1.82, 2.24) is 10.6 Å². The minimum Gasteiger partial charge on any atom is -0.354 e. The molecule has 4 nitrogen and oxygen atoms in total. The van der Waals surface area contributed by atoms with Gasteiger partial charge in [0.1, 0.15) is 0 Å². The molecule has 0 fully saturated rings. The van der Waals surface area contributed by atoms with Crippen molar-refractivity contribution in [2.45, 2.75) is 39.5 Å². The van der Waals surface area contributed by atoms with Crippen LogP contribution in [0.4, 0.5) is 0 Å². The number of thiophene rings is 1. The molecule has 0 atom stereocenters. The van der Waals surface area contributed by atoms with E-state index in [1.165, 1.54) is 23.3 Å². The number of carbonyl (C=O) groups is 2. The molecular formula is C15H22N2O2S. The molecule has 1 aliphatic carbocycles. The van der Waals surface area contributed by atoms with Crippen molar-refractivity contribution in [2.24, 2.45) is 5.92 Å². The molecule has 1 aromatic heterocycles. The second-order valence-corrected chi connectivity index (χ2v) is 6.60. The van der Waals surface area contributed by atoms with Crippen molar-refractivity contribution in [3.8, 4) is 0 Å². The number of aryl methyl sites for hydroxylation is 2. The molecule has 2 N–H and O–H groups in total. The molecule has 0 unspecified atom stereocenters. The fourth-order valence-electron chi connectivity index (χ4n) is 2.26. The van der Waals surface area contributed by atoms with Crippen LogP contribution in [0.1, 0.15) is 46.8 Å². The number of rotatable bonds is 5. The number of hydrogen-bond acceptors (Lipinski definition) is 3. The molecule has 0 radical (unpaired) electrons. The fraction of sp³-hybridized carbons (Fsp3) is 0.600. The van der Waals surface area contributed by atoms with Gasteiger partial charge >= 0.3 is 0 Å². The molecule has 0 saturated heterocycles. The Labute approximate surface area is 124 Å². The van der Waals surface area contributed by atoms with E-state index in [0.29, 0.717) is 13.1 Å². The highest BCUT2D eigenvalue weighted by Crippen LogP contribution is 2.29. The fourth-order valence-corrected chi connectivity index (χ4v) is 3.43. The Hall–Kier alpha value is -1.36. The van der Waals surface area contributed by atoms with Gasteiger partial charge in [0.2, 0.25) is 5.91 Å². The van der Waals surface area contributed by atoms with E-state index in [2.05, 4.69) is 10.6 Å². The summed E-state index contributed by atoms with van der Waals surface area (Å²) in [6.45, 7) is 4.65. The van der Waals surface area contributed by atoms with Crippen LogP contribution in [0.5, 0.6) is 0 Å². The van der Waals surface area contributed by atoms with E-state index in [-0.39, 0.29) is 17.7 Å². The third-order valence-corrected chi connectivity index (χ3v) is 4.69. The zero-order valence-electron chi connectivity index (χ0n) is 12.1. The van der Waals surface area contributed by atoms with Crippen LogP contribution >= 0.6 is 11.3 Å². The Balaban J connectivity index is 1.77. The summed E-state index contributed by atoms with van der Waals surface area (Å²) in [6, 6.07) is 2.03. The highest BCUT2D eigenvalue weighted by Gasteiger charge is 2.16. The van der Waals surface area contributed by atoms with Gasteiger partial charge in [0.05, 0.1) is 4.88 Å². The first-order valence-corrected chi connectivity index (χ1v) is 8.07. The predicted molar refractivity (Wildman–Crippen MR) is 81.1 cm³/mol. The minimum atomic E-state index is -0.0248. The second kappa shape index (κ2) is 6.88. The van der Waals surface area contributed by atoms with Gasteiger partial charge in [-0.1, -0.05) is 13.8 Å². The van der Waals surface area contributed by atoms with E-state index in [9.17, 15) is 9.59 Å². The number of nitrogens with one attached hydrogen (secondary N) is 2. The first-order valence-electron chi connectivity index (χ1n) is 7.25. The summed E-state index contributed by atoms with van der Waals surface area (Å²) in [7, 11) is 0. The van der Waals surface area contributed by atoms with Gasteiger partial charge in [0.15, 0.2) is 0 Å². The van der Waals surface area contributed by atoms with Crippen LogP contribution in [0.15, 0.2) is 6.07 Å². The van der Waals surface area contributed by atoms with Gasteiger partial charge in [-0.25, -0.2) is 0 Å². The van der Waals surface area contributed by atoms with Crippen molar-refractivity contribution in [3.05, 3.63) is 21.4 Å². The molecule has 1 heterocycles. The quantitative estimate of drug-likeness (QED) is 0.817. The van der Waals surface area contributed by atoms with Gasteiger partial charge in [-0.15, -0.1) is 11.3 Å². The van der Waals surface area contributed by atoms with E-state index in [0.717, 1.165) is 17.7 Å². The summed E-state index contributed by atoms with van der Waals surface area (Å²) in [5, 5.41) is 5.65. The first kappa shape index (κ1) is 15.0. The minimum absolute atomic E-state index is 0.0188. The van der Waals surface area contributed by atoms with Crippen LogP contribution < -0.4 is 10.6 Å². The molecule has 1 aromatic rings.